The molecule has 2 saturated heterocycles. The number of amides is 3. The normalized spacial score (nSPS) is 26.8. The zero-order chi connectivity index (χ0) is 27.7. The van der Waals surface area contributed by atoms with E-state index < -0.39 is 35.8 Å². The van der Waals surface area contributed by atoms with Crippen LogP contribution in [-0.4, -0.2) is 78.6 Å². The smallest absolute Gasteiger partial charge is 0.247 e. The van der Waals surface area contributed by atoms with Crippen LogP contribution in [0.3, 0.4) is 0 Å². The number of carbonyl (C=O) groups is 3. The van der Waals surface area contributed by atoms with Crippen LogP contribution in [0.2, 0.25) is 0 Å². The van der Waals surface area contributed by atoms with Crippen molar-refractivity contribution < 1.29 is 27.9 Å². The quantitative estimate of drug-likeness (QED) is 0.484. The minimum Gasteiger partial charge on any atom is -0.493 e. The largest absolute Gasteiger partial charge is 0.493 e. The van der Waals surface area contributed by atoms with Gasteiger partial charge in [-0.05, 0) is 45.6 Å². The second kappa shape index (κ2) is 11.8. The van der Waals surface area contributed by atoms with Gasteiger partial charge in [0.25, 0.3) is 0 Å². The Hall–Kier alpha value is -2.79. The molecule has 1 saturated carbocycles. The molecule has 9 nitrogen and oxygen atoms in total. The van der Waals surface area contributed by atoms with Gasteiger partial charge in [-0.2, -0.15) is 0 Å². The number of nitrogens with zero attached hydrogens (tertiary/aromatic N) is 2. The van der Waals surface area contributed by atoms with Gasteiger partial charge in [-0.15, -0.1) is 0 Å². The summed E-state index contributed by atoms with van der Waals surface area (Å²) in [4.78, 5) is 44.8. The number of halogens is 2. The number of rotatable bonds is 7. The minimum absolute atomic E-state index is 0.00443. The number of likely N-dealkylation sites (N-methyl/N-ethyl adjacent to an activating group) is 1. The Morgan fingerprint density at radius 1 is 1.05 bits per heavy atom. The summed E-state index contributed by atoms with van der Waals surface area (Å²) in [6, 6.07) is -0.729. The van der Waals surface area contributed by atoms with Crippen LogP contribution in [0.1, 0.15) is 69.9 Å². The fraction of sp³-hybridized carbons (Fsp3) is 0.679. The molecule has 1 aromatic rings. The van der Waals surface area contributed by atoms with Crippen molar-refractivity contribution >= 4 is 17.7 Å². The number of hydrogen-bond donors (Lipinski definition) is 3. The van der Waals surface area contributed by atoms with Crippen molar-refractivity contribution in [2.75, 3.05) is 26.7 Å². The van der Waals surface area contributed by atoms with Gasteiger partial charge < -0.3 is 25.6 Å². The van der Waals surface area contributed by atoms with Crippen LogP contribution in [0.15, 0.2) is 12.1 Å². The Balaban J connectivity index is 1.40. The second-order valence-electron chi connectivity index (χ2n) is 11.3. The summed E-state index contributed by atoms with van der Waals surface area (Å²) in [6.45, 7) is 3.12. The van der Waals surface area contributed by atoms with Crippen LogP contribution >= 0.6 is 0 Å². The molecule has 11 heteroatoms. The maximum atomic E-state index is 14.7. The summed E-state index contributed by atoms with van der Waals surface area (Å²) in [7, 11) is 1.70. The van der Waals surface area contributed by atoms with Crippen molar-refractivity contribution in [2.24, 2.45) is 5.92 Å². The van der Waals surface area contributed by atoms with E-state index in [-0.39, 0.29) is 47.7 Å². The molecular formula is C28H39F2N5O4. The molecule has 214 valence electrons. The molecule has 5 atom stereocenters. The monoisotopic (exact) mass is 547 g/mol. The standard InChI is InChI=1S/C28H39F2N5O4/c1-16(31-2)26(36)33-25(17-7-4-3-5-8-17)28(38)35-21(15-34-11-6-9-23(34)35)27(37)32-20-10-12-39-22-14-18(29)13-19(30)24(20)22/h13-14,16-17,20-21,23,25,31H,3-12,15H2,1-2H3,(H,32,37)(H,33,36)/t16-,20+,21-,23?,25-/m0/s1. The highest BCUT2D eigenvalue weighted by atomic mass is 19.1. The first kappa shape index (κ1) is 27.8. The molecule has 3 N–H and O–H groups in total. The molecule has 1 unspecified atom stereocenters. The second-order valence-corrected chi connectivity index (χ2v) is 11.3. The highest BCUT2D eigenvalue weighted by Gasteiger charge is 2.50. The Morgan fingerprint density at radius 3 is 2.56 bits per heavy atom. The van der Waals surface area contributed by atoms with Crippen LogP contribution in [0.5, 0.6) is 5.75 Å². The minimum atomic E-state index is -0.776. The third-order valence-electron chi connectivity index (χ3n) is 8.85. The van der Waals surface area contributed by atoms with Gasteiger partial charge in [0.15, 0.2) is 0 Å². The zero-order valence-electron chi connectivity index (χ0n) is 22.7. The molecule has 0 bridgehead atoms. The molecule has 0 aromatic heterocycles. The van der Waals surface area contributed by atoms with Gasteiger partial charge >= 0.3 is 0 Å². The summed E-state index contributed by atoms with van der Waals surface area (Å²) in [6.07, 6.45) is 6.59. The van der Waals surface area contributed by atoms with Gasteiger partial charge in [0.05, 0.1) is 30.4 Å². The van der Waals surface area contributed by atoms with Gasteiger partial charge in [0.1, 0.15) is 29.5 Å². The number of carbonyl (C=O) groups excluding carboxylic acids is 3. The SMILES string of the molecule is CN[C@@H](C)C(=O)N[C@H](C(=O)N1C2CCCN2C[C@H]1C(=O)N[C@@H]1CCOc2cc(F)cc(F)c21)C1CCCCC1. The van der Waals surface area contributed by atoms with E-state index in [0.717, 1.165) is 63.6 Å². The Bertz CT molecular complexity index is 1100. The number of ether oxygens (including phenoxy) is 1. The Kier molecular flexibility index (Phi) is 8.37. The molecule has 3 amide bonds. The van der Waals surface area contributed by atoms with Crippen molar-refractivity contribution in [1.82, 2.24) is 25.8 Å². The fourth-order valence-electron chi connectivity index (χ4n) is 6.64. The van der Waals surface area contributed by atoms with E-state index >= 15 is 0 Å². The topological polar surface area (TPSA) is 103 Å². The molecule has 0 spiro atoms. The summed E-state index contributed by atoms with van der Waals surface area (Å²) < 4.78 is 34.0. The first-order valence-corrected chi connectivity index (χ1v) is 14.2. The van der Waals surface area contributed by atoms with E-state index in [9.17, 15) is 23.2 Å². The molecule has 0 radical (unpaired) electrons. The van der Waals surface area contributed by atoms with E-state index in [0.29, 0.717) is 13.0 Å². The third-order valence-corrected chi connectivity index (χ3v) is 8.85. The molecule has 5 rings (SSSR count). The average molecular weight is 548 g/mol. The van der Waals surface area contributed by atoms with Crippen LogP contribution in [0.4, 0.5) is 8.78 Å². The molecular weight excluding hydrogens is 508 g/mol. The summed E-state index contributed by atoms with van der Waals surface area (Å²) in [5.41, 5.74) is 0.126. The first-order valence-electron chi connectivity index (χ1n) is 14.2. The molecule has 39 heavy (non-hydrogen) atoms. The highest BCUT2D eigenvalue weighted by molar-refractivity contribution is 5.94. The van der Waals surface area contributed by atoms with Crippen molar-refractivity contribution in [1.29, 1.82) is 0 Å². The third kappa shape index (κ3) is 5.61. The average Bonchev–Trinajstić information content (AvgIpc) is 3.52. The molecule has 3 aliphatic heterocycles. The van der Waals surface area contributed by atoms with Crippen LogP contribution in [-0.2, 0) is 14.4 Å². The van der Waals surface area contributed by atoms with Gasteiger partial charge in [-0.3, -0.25) is 19.3 Å². The number of benzene rings is 1. The van der Waals surface area contributed by atoms with Crippen molar-refractivity contribution in [3.8, 4) is 5.75 Å². The van der Waals surface area contributed by atoms with E-state index in [4.69, 9.17) is 4.74 Å². The van der Waals surface area contributed by atoms with Crippen molar-refractivity contribution in [3.05, 3.63) is 29.3 Å². The van der Waals surface area contributed by atoms with E-state index in [1.54, 1.807) is 18.9 Å². The highest BCUT2D eigenvalue weighted by Crippen LogP contribution is 2.37. The fourth-order valence-corrected chi connectivity index (χ4v) is 6.64. The predicted octanol–water partition coefficient (Wildman–Crippen LogP) is 2.21. The maximum absolute atomic E-state index is 14.7. The summed E-state index contributed by atoms with van der Waals surface area (Å²) >= 11 is 0. The number of nitrogens with one attached hydrogen (secondary N) is 3. The van der Waals surface area contributed by atoms with E-state index in [2.05, 4.69) is 20.9 Å². The Labute approximate surface area is 228 Å². The lowest BCUT2D eigenvalue weighted by Gasteiger charge is -2.37. The van der Waals surface area contributed by atoms with Gasteiger partial charge in [-0.25, -0.2) is 8.78 Å². The summed E-state index contributed by atoms with van der Waals surface area (Å²) in [5, 5.41) is 8.89. The van der Waals surface area contributed by atoms with Crippen LogP contribution < -0.4 is 20.7 Å². The van der Waals surface area contributed by atoms with Gasteiger partial charge in [-0.1, -0.05) is 19.3 Å². The predicted molar refractivity (Wildman–Crippen MR) is 140 cm³/mol. The number of hydrogen-bond acceptors (Lipinski definition) is 6. The molecule has 3 fully saturated rings. The lowest BCUT2D eigenvalue weighted by Crippen LogP contribution is -2.60. The van der Waals surface area contributed by atoms with Crippen LogP contribution in [0.25, 0.3) is 0 Å². The molecule has 1 aliphatic carbocycles. The zero-order valence-corrected chi connectivity index (χ0v) is 22.7. The lowest BCUT2D eigenvalue weighted by atomic mass is 9.83. The van der Waals surface area contributed by atoms with Crippen molar-refractivity contribution in [3.63, 3.8) is 0 Å². The van der Waals surface area contributed by atoms with Gasteiger partial charge in [0, 0.05) is 31.6 Å². The number of fused-ring (bicyclic) bond motifs is 2. The van der Waals surface area contributed by atoms with E-state index in [1.807, 2.05) is 0 Å². The molecule has 4 aliphatic rings. The molecule has 3 heterocycles. The lowest BCUT2D eigenvalue weighted by molar-refractivity contribution is -0.145. The van der Waals surface area contributed by atoms with E-state index in [1.165, 1.54) is 0 Å². The van der Waals surface area contributed by atoms with Crippen LogP contribution in [0, 0.1) is 17.6 Å². The first-order chi connectivity index (χ1) is 18.8. The summed E-state index contributed by atoms with van der Waals surface area (Å²) in [5.74, 6) is -2.27. The maximum Gasteiger partial charge on any atom is 0.247 e. The van der Waals surface area contributed by atoms with Gasteiger partial charge in [0.2, 0.25) is 17.7 Å². The molecule has 1 aromatic carbocycles. The Morgan fingerprint density at radius 2 is 1.82 bits per heavy atom. The van der Waals surface area contributed by atoms with Crippen molar-refractivity contribution in [2.45, 2.75) is 88.6 Å².